The van der Waals surface area contributed by atoms with Crippen molar-refractivity contribution < 1.29 is 18.0 Å². The van der Waals surface area contributed by atoms with Crippen LogP contribution in [0.15, 0.2) is 4.99 Å². The van der Waals surface area contributed by atoms with Crippen molar-refractivity contribution in [2.75, 3.05) is 6.54 Å². The smallest absolute Gasteiger partial charge is 0.304 e. The Kier molecular flexibility index (Phi) is 3.30. The first kappa shape index (κ1) is 14.2. The number of hydrogen-bond donors (Lipinski definition) is 1. The molecule has 4 atom stereocenters. The topological polar surface area (TPSA) is 41.5 Å². The van der Waals surface area contributed by atoms with E-state index in [4.69, 9.17) is 0 Å². The largest absolute Gasteiger partial charge is 0.412 e. The lowest BCUT2D eigenvalue weighted by molar-refractivity contribution is -0.166. The molecule has 1 heterocycles. The molecule has 2 bridgehead atoms. The molecule has 0 radical (unpaired) electrons. The molecule has 20 heavy (non-hydrogen) atoms. The number of nitrogens with zero attached hydrogens (tertiary/aromatic N) is 1. The van der Waals surface area contributed by atoms with Crippen molar-refractivity contribution >= 4 is 22.8 Å². The van der Waals surface area contributed by atoms with Gasteiger partial charge in [0, 0.05) is 6.54 Å². The Morgan fingerprint density at radius 2 is 2.15 bits per heavy atom. The number of carbonyl (C=O) groups excluding carboxylic acids is 1. The molecule has 2 saturated carbocycles. The van der Waals surface area contributed by atoms with Crippen LogP contribution >= 0.6 is 11.8 Å². The number of rotatable bonds is 2. The van der Waals surface area contributed by atoms with Gasteiger partial charge in [-0.2, -0.15) is 13.2 Å². The van der Waals surface area contributed by atoms with Gasteiger partial charge in [-0.15, -0.1) is 0 Å². The summed E-state index contributed by atoms with van der Waals surface area (Å²) in [5.41, 5.74) is 0. The van der Waals surface area contributed by atoms with Gasteiger partial charge < -0.3 is 5.32 Å². The summed E-state index contributed by atoms with van der Waals surface area (Å²) in [5.74, 6) is 0.940. The highest BCUT2D eigenvalue weighted by Gasteiger charge is 2.61. The van der Waals surface area contributed by atoms with Gasteiger partial charge in [-0.1, -0.05) is 18.2 Å². The van der Waals surface area contributed by atoms with E-state index in [1.165, 1.54) is 19.3 Å². The second kappa shape index (κ2) is 4.64. The second-order valence-corrected chi connectivity index (χ2v) is 7.58. The van der Waals surface area contributed by atoms with Gasteiger partial charge in [-0.25, -0.2) is 0 Å². The fourth-order valence-corrected chi connectivity index (χ4v) is 4.47. The van der Waals surface area contributed by atoms with Gasteiger partial charge in [0.05, 0.1) is 0 Å². The summed E-state index contributed by atoms with van der Waals surface area (Å²) in [6.07, 6.45) is 0.326. The number of amides is 1. The Morgan fingerprint density at radius 1 is 1.40 bits per heavy atom. The van der Waals surface area contributed by atoms with Crippen molar-refractivity contribution in [2.45, 2.75) is 43.5 Å². The van der Waals surface area contributed by atoms with Crippen LogP contribution in [0.25, 0.3) is 0 Å². The maximum Gasteiger partial charge on any atom is 0.412 e. The van der Waals surface area contributed by atoms with Crippen molar-refractivity contribution in [3.8, 4) is 0 Å². The summed E-state index contributed by atoms with van der Waals surface area (Å²) in [4.78, 5) is 15.8. The first-order chi connectivity index (χ1) is 9.29. The number of alkyl halides is 3. The van der Waals surface area contributed by atoms with Gasteiger partial charge in [0.15, 0.2) is 9.91 Å². The first-order valence-corrected chi connectivity index (χ1v) is 7.73. The molecule has 1 unspecified atom stereocenters. The average molecular weight is 306 g/mol. The molecule has 0 aromatic heterocycles. The molecule has 7 heteroatoms. The van der Waals surface area contributed by atoms with E-state index in [0.29, 0.717) is 30.1 Å². The van der Waals surface area contributed by atoms with E-state index in [2.05, 4.69) is 10.3 Å². The number of aliphatic imine (C=N–C) groups is 1. The van der Waals surface area contributed by atoms with E-state index in [9.17, 15) is 18.0 Å². The van der Waals surface area contributed by atoms with Gasteiger partial charge in [0.25, 0.3) is 5.91 Å². The predicted molar refractivity (Wildman–Crippen MR) is 71.4 cm³/mol. The molecule has 1 aliphatic heterocycles. The van der Waals surface area contributed by atoms with Gasteiger partial charge in [-0.05, 0) is 43.9 Å². The van der Waals surface area contributed by atoms with E-state index >= 15 is 0 Å². The van der Waals surface area contributed by atoms with Crippen molar-refractivity contribution in [1.29, 1.82) is 0 Å². The van der Waals surface area contributed by atoms with Gasteiger partial charge in [0.1, 0.15) is 0 Å². The van der Waals surface area contributed by atoms with Crippen LogP contribution in [0.1, 0.15) is 32.6 Å². The van der Waals surface area contributed by atoms with E-state index < -0.39 is 16.8 Å². The van der Waals surface area contributed by atoms with Crippen molar-refractivity contribution in [1.82, 2.24) is 5.32 Å². The molecule has 3 fully saturated rings. The number of nitrogens with one attached hydrogen (secondary N) is 1. The summed E-state index contributed by atoms with van der Waals surface area (Å²) >= 11 is 0.496. The molecular weight excluding hydrogens is 289 g/mol. The van der Waals surface area contributed by atoms with Crippen molar-refractivity contribution in [3.63, 3.8) is 0 Å². The molecule has 1 N–H and O–H groups in total. The van der Waals surface area contributed by atoms with Crippen molar-refractivity contribution in [2.24, 2.45) is 22.7 Å². The maximum atomic E-state index is 12.9. The Bertz CT molecular complexity index is 465. The zero-order valence-corrected chi connectivity index (χ0v) is 12.0. The van der Waals surface area contributed by atoms with Crippen LogP contribution in [0.3, 0.4) is 0 Å². The molecule has 0 spiro atoms. The lowest BCUT2D eigenvalue weighted by atomic mass is 9.89. The molecule has 3 aliphatic rings. The molecular formula is C13H17F3N2OS. The normalized spacial score (nSPS) is 42.5. The predicted octanol–water partition coefficient (Wildman–Crippen LogP) is 2.96. The Hall–Kier alpha value is -0.720. The highest BCUT2D eigenvalue weighted by Crippen LogP contribution is 2.49. The van der Waals surface area contributed by atoms with Gasteiger partial charge >= 0.3 is 6.18 Å². The van der Waals surface area contributed by atoms with Crippen LogP contribution in [0.4, 0.5) is 13.2 Å². The minimum absolute atomic E-state index is 0.123. The van der Waals surface area contributed by atoms with Crippen molar-refractivity contribution in [3.05, 3.63) is 0 Å². The fraction of sp³-hybridized carbons (Fsp3) is 0.846. The van der Waals surface area contributed by atoms with E-state index in [-0.39, 0.29) is 5.17 Å². The lowest BCUT2D eigenvalue weighted by Gasteiger charge is -2.22. The Balaban J connectivity index is 1.65. The maximum absolute atomic E-state index is 12.9. The summed E-state index contributed by atoms with van der Waals surface area (Å²) < 4.78 is 36.3. The van der Waals surface area contributed by atoms with Crippen LogP contribution in [0, 0.1) is 17.8 Å². The molecule has 0 aromatic carbocycles. The van der Waals surface area contributed by atoms with E-state index in [0.717, 1.165) is 19.3 Å². The molecule has 2 aliphatic carbocycles. The highest BCUT2D eigenvalue weighted by molar-refractivity contribution is 8.16. The molecule has 1 saturated heterocycles. The first-order valence-electron chi connectivity index (χ1n) is 6.91. The number of fused-ring (bicyclic) bond motifs is 2. The lowest BCUT2D eigenvalue weighted by Crippen LogP contribution is -2.46. The number of carbonyl (C=O) groups is 1. The Labute approximate surface area is 119 Å². The second-order valence-electron chi connectivity index (χ2n) is 6.17. The third kappa shape index (κ3) is 2.23. The zero-order chi connectivity index (χ0) is 14.5. The third-order valence-corrected chi connectivity index (χ3v) is 6.10. The quantitative estimate of drug-likeness (QED) is 0.852. The summed E-state index contributed by atoms with van der Waals surface area (Å²) in [6.45, 7) is 1.45. The minimum atomic E-state index is -4.56. The summed E-state index contributed by atoms with van der Waals surface area (Å²) in [6, 6.07) is 0. The van der Waals surface area contributed by atoms with Crippen LogP contribution in [-0.2, 0) is 4.79 Å². The van der Waals surface area contributed by atoms with Crippen LogP contribution < -0.4 is 5.32 Å². The molecule has 0 aromatic rings. The third-order valence-electron chi connectivity index (χ3n) is 4.85. The monoisotopic (exact) mass is 306 g/mol. The molecule has 3 rings (SSSR count). The number of thioether (sulfide) groups is 1. The molecule has 3 nitrogen and oxygen atoms in total. The Morgan fingerprint density at radius 3 is 2.65 bits per heavy atom. The standard InChI is InChI=1S/C13H17F3N2OS/c1-12(13(14,15)16)10(19)18-11(20-12)17-6-9-5-7-2-3-8(9)4-7/h7-9H,2-6H2,1H3,(H,17,18,19)/t7-,8-,9+,12?/m0/s1. The number of halogens is 3. The SMILES string of the molecule is CC1(C(F)(F)F)SC(=NC[C@H]2C[C@H]3CC[C@H]2C3)NC1=O. The average Bonchev–Trinajstić information content (AvgIpc) is 3.01. The summed E-state index contributed by atoms with van der Waals surface area (Å²) in [7, 11) is 0. The zero-order valence-electron chi connectivity index (χ0n) is 11.2. The molecule has 1 amide bonds. The van der Waals surface area contributed by atoms with Crippen LogP contribution in [0.5, 0.6) is 0 Å². The number of hydrogen-bond acceptors (Lipinski definition) is 3. The fourth-order valence-electron chi connectivity index (χ4n) is 3.54. The van der Waals surface area contributed by atoms with Gasteiger partial charge in [0.2, 0.25) is 0 Å². The summed E-state index contributed by atoms with van der Waals surface area (Å²) in [5, 5.41) is 2.40. The highest BCUT2D eigenvalue weighted by atomic mass is 32.2. The van der Waals surface area contributed by atoms with Crippen LogP contribution in [0.2, 0.25) is 0 Å². The van der Waals surface area contributed by atoms with E-state index in [1.54, 1.807) is 0 Å². The van der Waals surface area contributed by atoms with Gasteiger partial charge in [-0.3, -0.25) is 9.79 Å². The van der Waals surface area contributed by atoms with E-state index in [1.807, 2.05) is 0 Å². The molecule has 112 valence electrons. The number of amidine groups is 1. The van der Waals surface area contributed by atoms with Crippen LogP contribution in [-0.4, -0.2) is 28.5 Å². The minimum Gasteiger partial charge on any atom is -0.304 e.